The molecule has 0 rings (SSSR count). The van der Waals surface area contributed by atoms with Crippen molar-refractivity contribution in [2.24, 2.45) is 5.73 Å². The molecule has 4 nitrogen and oxygen atoms in total. The fourth-order valence-corrected chi connectivity index (χ4v) is 7.91. The summed E-state index contributed by atoms with van der Waals surface area (Å²) in [5.74, 6) is 0. The molecule has 0 heterocycles. The average Bonchev–Trinajstić information content (AvgIpc) is 2.98. The van der Waals surface area contributed by atoms with Crippen LogP contribution >= 0.6 is 7.28 Å². The Kier molecular flexibility index (Phi) is 37.1. The van der Waals surface area contributed by atoms with E-state index < -0.39 is 7.28 Å². The van der Waals surface area contributed by atoms with Crippen LogP contribution in [0.1, 0.15) is 226 Å². The Balaban J connectivity index is 0. The van der Waals surface area contributed by atoms with Crippen LogP contribution in [-0.2, 0) is 0 Å². The Bertz CT molecular complexity index is 469. The van der Waals surface area contributed by atoms with E-state index in [4.69, 9.17) is 5.73 Å². The van der Waals surface area contributed by atoms with Gasteiger partial charge in [0.15, 0.2) is 0 Å². The minimum atomic E-state index is -4.34. The standard InChI is InChI=1S/C20H45O3P.C18H39N/c1-3-5-7-9-11-13-15-17-19-24(21,22,23)20-18-16-14-12-10-8-6-4-2;1-2-3-4-5-6-7-8-9-10-11-12-13-14-15-16-17-18-19/h21-23H,3-20H2,1-2H3;2-19H2,1H3. The summed E-state index contributed by atoms with van der Waals surface area (Å²) in [5.41, 5.74) is 5.48. The van der Waals surface area contributed by atoms with Crippen LogP contribution in [0.4, 0.5) is 0 Å². The maximum absolute atomic E-state index is 10.2. The molecule has 0 aliphatic carbocycles. The summed E-state index contributed by atoms with van der Waals surface area (Å²) in [6.45, 7) is 7.61. The fraction of sp³-hybridized carbons (Fsp3) is 1.00. The first-order valence-corrected chi connectivity index (χ1v) is 22.2. The van der Waals surface area contributed by atoms with Gasteiger partial charge >= 0.3 is 151 Å². The van der Waals surface area contributed by atoms with Crippen LogP contribution in [-0.4, -0.2) is 33.5 Å². The van der Waals surface area contributed by atoms with E-state index in [9.17, 15) is 14.7 Å². The number of nitrogens with two attached hydrogens (primary N) is 1. The summed E-state index contributed by atoms with van der Waals surface area (Å²) in [4.78, 5) is 30.5. The molecule has 5 N–H and O–H groups in total. The Morgan fingerprint density at radius 2 is 0.488 bits per heavy atom. The molecule has 264 valence electrons. The molecule has 5 heteroatoms. The van der Waals surface area contributed by atoms with Crippen LogP contribution in [0.25, 0.3) is 0 Å². The zero-order chi connectivity index (χ0) is 32.2. The van der Waals surface area contributed by atoms with Crippen LogP contribution in [0, 0.1) is 0 Å². The van der Waals surface area contributed by atoms with Crippen molar-refractivity contribution >= 4 is 7.28 Å². The van der Waals surface area contributed by atoms with Gasteiger partial charge in [-0.1, -0.05) is 103 Å². The maximum atomic E-state index is 10.2. The summed E-state index contributed by atoms with van der Waals surface area (Å²) in [6, 6.07) is 0. The van der Waals surface area contributed by atoms with Crippen molar-refractivity contribution in [1.29, 1.82) is 0 Å². The third kappa shape index (κ3) is 42.3. The van der Waals surface area contributed by atoms with Crippen LogP contribution in [0.5, 0.6) is 0 Å². The molecule has 0 amide bonds. The van der Waals surface area contributed by atoms with Gasteiger partial charge in [-0.3, -0.25) is 0 Å². The van der Waals surface area contributed by atoms with Crippen molar-refractivity contribution in [3.8, 4) is 0 Å². The number of unbranched alkanes of at least 4 members (excludes halogenated alkanes) is 29. The third-order valence-electron chi connectivity index (χ3n) is 9.00. The van der Waals surface area contributed by atoms with E-state index in [1.165, 1.54) is 167 Å². The van der Waals surface area contributed by atoms with Crippen LogP contribution in [0.2, 0.25) is 0 Å². The molecule has 0 unspecified atom stereocenters. The molecule has 0 fully saturated rings. The molecule has 0 aliphatic heterocycles. The second-order valence-corrected chi connectivity index (χ2v) is 17.4. The molecule has 0 aromatic rings. The molecule has 0 saturated heterocycles. The first kappa shape index (κ1) is 45.4. The van der Waals surface area contributed by atoms with Crippen molar-refractivity contribution in [2.45, 2.75) is 226 Å². The van der Waals surface area contributed by atoms with Crippen LogP contribution in [0.3, 0.4) is 0 Å². The summed E-state index contributed by atoms with van der Waals surface area (Å²) in [5, 5.41) is 0. The average molecular weight is 634 g/mol. The van der Waals surface area contributed by atoms with E-state index in [0.29, 0.717) is 0 Å². The Labute approximate surface area is 272 Å². The first-order valence-electron chi connectivity index (χ1n) is 19.8. The molecular weight excluding hydrogens is 549 g/mol. The molecule has 43 heavy (non-hydrogen) atoms. The van der Waals surface area contributed by atoms with E-state index in [0.717, 1.165) is 45.1 Å². The van der Waals surface area contributed by atoms with Crippen molar-refractivity contribution in [2.75, 3.05) is 18.9 Å². The summed E-state index contributed by atoms with van der Waals surface area (Å²) in [6.07, 6.45) is 41.9. The van der Waals surface area contributed by atoms with Gasteiger partial charge in [0.1, 0.15) is 0 Å². The summed E-state index contributed by atoms with van der Waals surface area (Å²) in [7, 11) is -4.34. The van der Waals surface area contributed by atoms with Gasteiger partial charge in [-0.25, -0.2) is 0 Å². The second-order valence-electron chi connectivity index (χ2n) is 13.8. The molecule has 0 aromatic carbocycles. The predicted molar refractivity (Wildman–Crippen MR) is 197 cm³/mol. The van der Waals surface area contributed by atoms with Crippen LogP contribution in [0.15, 0.2) is 0 Å². The Morgan fingerprint density at radius 3 is 0.698 bits per heavy atom. The molecule has 0 aromatic heterocycles. The number of hydrogen-bond acceptors (Lipinski definition) is 4. The minimum absolute atomic E-state index is 0.205. The van der Waals surface area contributed by atoms with Gasteiger partial charge in [0.25, 0.3) is 0 Å². The van der Waals surface area contributed by atoms with Gasteiger partial charge in [-0.15, -0.1) is 0 Å². The van der Waals surface area contributed by atoms with E-state index in [-0.39, 0.29) is 12.3 Å². The topological polar surface area (TPSA) is 86.7 Å². The molecule has 0 saturated carbocycles. The van der Waals surface area contributed by atoms with Crippen molar-refractivity contribution < 1.29 is 14.7 Å². The van der Waals surface area contributed by atoms with Gasteiger partial charge in [-0.05, 0) is 13.0 Å². The molecule has 0 aliphatic rings. The van der Waals surface area contributed by atoms with E-state index in [2.05, 4.69) is 20.8 Å². The number of hydrogen-bond donors (Lipinski definition) is 4. The van der Waals surface area contributed by atoms with Crippen LogP contribution < -0.4 is 5.73 Å². The fourth-order valence-electron chi connectivity index (χ4n) is 5.94. The van der Waals surface area contributed by atoms with Gasteiger partial charge in [0.2, 0.25) is 0 Å². The van der Waals surface area contributed by atoms with E-state index in [1.807, 2.05) is 0 Å². The predicted octanol–water partition coefficient (Wildman–Crippen LogP) is 12.7. The quantitative estimate of drug-likeness (QED) is 0.0419. The second kappa shape index (κ2) is 35.1. The normalized spacial score (nSPS) is 12.6. The van der Waals surface area contributed by atoms with Gasteiger partial charge < -0.3 is 5.73 Å². The monoisotopic (exact) mass is 634 g/mol. The molecule has 0 atom stereocenters. The van der Waals surface area contributed by atoms with Gasteiger partial charge in [0, 0.05) is 0 Å². The summed E-state index contributed by atoms with van der Waals surface area (Å²) >= 11 is 0. The summed E-state index contributed by atoms with van der Waals surface area (Å²) < 4.78 is 0. The molecule has 0 radical (unpaired) electrons. The van der Waals surface area contributed by atoms with E-state index >= 15 is 0 Å². The first-order chi connectivity index (χ1) is 20.8. The Morgan fingerprint density at radius 1 is 0.302 bits per heavy atom. The van der Waals surface area contributed by atoms with Crippen molar-refractivity contribution in [1.82, 2.24) is 0 Å². The van der Waals surface area contributed by atoms with Crippen molar-refractivity contribution in [3.05, 3.63) is 0 Å². The molecule has 0 spiro atoms. The zero-order valence-corrected chi connectivity index (χ0v) is 31.0. The zero-order valence-electron chi connectivity index (χ0n) is 30.1. The number of rotatable bonds is 34. The molecular formula is C38H84NO3P. The SMILES string of the molecule is CCCCCCCCCCCCCCCCCCN.CCCCCCCCCCP(O)(O)(O)CCCCCCCCCC. The molecule has 0 bridgehead atoms. The Hall–Kier alpha value is 0.270. The van der Waals surface area contributed by atoms with E-state index in [1.54, 1.807) is 0 Å². The van der Waals surface area contributed by atoms with Crippen molar-refractivity contribution in [3.63, 3.8) is 0 Å². The third-order valence-corrected chi connectivity index (χ3v) is 11.5. The van der Waals surface area contributed by atoms with Gasteiger partial charge in [0.05, 0.1) is 0 Å². The van der Waals surface area contributed by atoms with Gasteiger partial charge in [-0.2, -0.15) is 0 Å².